The van der Waals surface area contributed by atoms with E-state index >= 15 is 4.39 Å². The summed E-state index contributed by atoms with van der Waals surface area (Å²) in [6.07, 6.45) is 11.5. The molecule has 0 spiro atoms. The van der Waals surface area contributed by atoms with Gasteiger partial charge in [0.2, 0.25) is 0 Å². The average molecular weight is 491 g/mol. The first kappa shape index (κ1) is 26.7. The van der Waals surface area contributed by atoms with Gasteiger partial charge in [-0.15, -0.1) is 0 Å². The summed E-state index contributed by atoms with van der Waals surface area (Å²) in [7, 11) is 0. The lowest BCUT2D eigenvalue weighted by atomic mass is 9.98. The molecular formula is C36H39F. The molecule has 0 aliphatic carbocycles. The molecule has 0 aliphatic rings. The molecular weight excluding hydrogens is 451 g/mol. The fraction of sp³-hybridized carbons (Fsp3) is 0.333. The molecule has 0 saturated carbocycles. The van der Waals surface area contributed by atoms with Gasteiger partial charge in [0.05, 0.1) is 0 Å². The summed E-state index contributed by atoms with van der Waals surface area (Å²) in [5, 5.41) is 1.57. The summed E-state index contributed by atoms with van der Waals surface area (Å²) < 4.78 is 15.3. The molecule has 0 aromatic heterocycles. The van der Waals surface area contributed by atoms with Gasteiger partial charge >= 0.3 is 0 Å². The van der Waals surface area contributed by atoms with Crippen molar-refractivity contribution in [3.63, 3.8) is 0 Å². The first-order valence-corrected chi connectivity index (χ1v) is 14.1. The lowest BCUT2D eigenvalue weighted by molar-refractivity contribution is 0.620. The summed E-state index contributed by atoms with van der Waals surface area (Å²) in [6.45, 7) is 4.44. The van der Waals surface area contributed by atoms with E-state index < -0.39 is 0 Å². The monoisotopic (exact) mass is 490 g/mol. The van der Waals surface area contributed by atoms with Crippen LogP contribution in [0.4, 0.5) is 4.39 Å². The second-order valence-corrected chi connectivity index (χ2v) is 10.2. The molecule has 4 aromatic carbocycles. The minimum Gasteiger partial charge on any atom is -0.206 e. The van der Waals surface area contributed by atoms with Crippen molar-refractivity contribution in [2.24, 2.45) is 0 Å². The van der Waals surface area contributed by atoms with Crippen LogP contribution in [-0.4, -0.2) is 0 Å². The summed E-state index contributed by atoms with van der Waals surface area (Å²) in [4.78, 5) is 0. The first-order chi connectivity index (χ1) is 18.2. The zero-order chi connectivity index (χ0) is 25.9. The Balaban J connectivity index is 1.36. The van der Waals surface area contributed by atoms with Gasteiger partial charge in [0.1, 0.15) is 5.82 Å². The zero-order valence-electron chi connectivity index (χ0n) is 22.5. The summed E-state index contributed by atoms with van der Waals surface area (Å²) in [6, 6.07) is 27.1. The number of unbranched alkanes of at least 4 members (excludes halogenated alkanes) is 4. The quantitative estimate of drug-likeness (QED) is 0.145. The van der Waals surface area contributed by atoms with E-state index in [2.05, 4.69) is 74.2 Å². The van der Waals surface area contributed by atoms with Gasteiger partial charge in [-0.25, -0.2) is 4.39 Å². The van der Waals surface area contributed by atoms with E-state index in [1.165, 1.54) is 48.8 Å². The molecule has 0 atom stereocenters. The number of fused-ring (bicyclic) bond motifs is 1. The zero-order valence-corrected chi connectivity index (χ0v) is 22.5. The van der Waals surface area contributed by atoms with E-state index in [-0.39, 0.29) is 5.82 Å². The third-order valence-corrected chi connectivity index (χ3v) is 7.15. The number of halogens is 1. The van der Waals surface area contributed by atoms with Crippen LogP contribution in [0.25, 0.3) is 10.8 Å². The van der Waals surface area contributed by atoms with Crippen molar-refractivity contribution in [1.29, 1.82) is 0 Å². The molecule has 0 fully saturated rings. The smallest absolute Gasteiger partial charge is 0.134 e. The Hall–Kier alpha value is -3.37. The van der Waals surface area contributed by atoms with Crippen molar-refractivity contribution in [3.8, 4) is 11.8 Å². The molecule has 0 heterocycles. The molecule has 0 amide bonds. The molecule has 0 nitrogen and oxygen atoms in total. The van der Waals surface area contributed by atoms with Gasteiger partial charge in [-0.05, 0) is 84.0 Å². The molecule has 190 valence electrons. The summed E-state index contributed by atoms with van der Waals surface area (Å²) >= 11 is 0. The molecule has 4 rings (SSSR count). The van der Waals surface area contributed by atoms with E-state index in [9.17, 15) is 0 Å². The van der Waals surface area contributed by atoms with Crippen LogP contribution >= 0.6 is 0 Å². The first-order valence-electron chi connectivity index (χ1n) is 14.1. The molecule has 1 heteroatoms. The molecule has 0 radical (unpaired) electrons. The summed E-state index contributed by atoms with van der Waals surface area (Å²) in [5.41, 5.74) is 6.70. The number of rotatable bonds is 11. The van der Waals surface area contributed by atoms with E-state index in [0.29, 0.717) is 11.8 Å². The second kappa shape index (κ2) is 13.8. The minimum absolute atomic E-state index is 0.104. The normalized spacial score (nSPS) is 10.9. The molecule has 0 aliphatic heterocycles. The maximum Gasteiger partial charge on any atom is 0.134 e. The fourth-order valence-corrected chi connectivity index (χ4v) is 4.88. The van der Waals surface area contributed by atoms with Gasteiger partial charge in [-0.2, -0.15) is 0 Å². The topological polar surface area (TPSA) is 0 Å². The second-order valence-electron chi connectivity index (χ2n) is 10.2. The highest BCUT2D eigenvalue weighted by Gasteiger charge is 2.08. The van der Waals surface area contributed by atoms with Crippen LogP contribution in [0.2, 0.25) is 0 Å². The molecule has 0 N–H and O–H groups in total. The number of aryl methyl sites for hydroxylation is 4. The molecule has 4 aromatic rings. The third-order valence-electron chi connectivity index (χ3n) is 7.15. The van der Waals surface area contributed by atoms with Crippen molar-refractivity contribution in [2.45, 2.75) is 78.1 Å². The predicted molar refractivity (Wildman–Crippen MR) is 157 cm³/mol. The van der Waals surface area contributed by atoms with Crippen LogP contribution in [0.3, 0.4) is 0 Å². The van der Waals surface area contributed by atoms with Crippen LogP contribution in [-0.2, 0) is 25.7 Å². The van der Waals surface area contributed by atoms with Crippen LogP contribution < -0.4 is 0 Å². The number of benzene rings is 4. The van der Waals surface area contributed by atoms with Crippen molar-refractivity contribution >= 4 is 10.8 Å². The van der Waals surface area contributed by atoms with Gasteiger partial charge < -0.3 is 0 Å². The average Bonchev–Trinajstić information content (AvgIpc) is 2.93. The van der Waals surface area contributed by atoms with Crippen LogP contribution in [0.5, 0.6) is 0 Å². The van der Waals surface area contributed by atoms with Crippen molar-refractivity contribution in [3.05, 3.63) is 118 Å². The van der Waals surface area contributed by atoms with Crippen molar-refractivity contribution in [1.82, 2.24) is 0 Å². The Bertz CT molecular complexity index is 1330. The Labute approximate surface area is 223 Å². The van der Waals surface area contributed by atoms with Gasteiger partial charge in [0, 0.05) is 16.5 Å². The fourth-order valence-electron chi connectivity index (χ4n) is 4.88. The molecule has 37 heavy (non-hydrogen) atoms. The lowest BCUT2D eigenvalue weighted by Crippen LogP contribution is -1.96. The van der Waals surface area contributed by atoms with Crippen LogP contribution in [0.1, 0.15) is 85.8 Å². The highest BCUT2D eigenvalue weighted by molar-refractivity contribution is 5.85. The van der Waals surface area contributed by atoms with Crippen LogP contribution in [0, 0.1) is 17.7 Å². The number of hydrogen-bond donors (Lipinski definition) is 0. The van der Waals surface area contributed by atoms with E-state index in [1.54, 1.807) is 0 Å². The largest absolute Gasteiger partial charge is 0.206 e. The molecule has 0 saturated heterocycles. The Kier molecular flexibility index (Phi) is 9.96. The Morgan fingerprint density at radius 3 is 1.89 bits per heavy atom. The van der Waals surface area contributed by atoms with Crippen molar-refractivity contribution < 1.29 is 4.39 Å². The maximum atomic E-state index is 15.3. The van der Waals surface area contributed by atoms with Gasteiger partial charge in [-0.1, -0.05) is 112 Å². The third kappa shape index (κ3) is 7.80. The molecule has 0 bridgehead atoms. The highest BCUT2D eigenvalue weighted by atomic mass is 19.1. The van der Waals surface area contributed by atoms with Crippen LogP contribution in [0.15, 0.2) is 78.9 Å². The summed E-state index contributed by atoms with van der Waals surface area (Å²) in [5.74, 6) is 6.37. The highest BCUT2D eigenvalue weighted by Crippen LogP contribution is 2.24. The van der Waals surface area contributed by atoms with E-state index in [4.69, 9.17) is 0 Å². The standard InChI is InChI=1S/C36H39F/c1-3-5-6-7-8-10-29-13-17-31(18-14-29)21-23-33-24-25-34-27-32(22-26-35(34)36(33)37)20-19-30-15-11-28(9-4-2)12-16-30/h11-18,22,24-27H,3-10,21,23H2,1-2H3. The van der Waals surface area contributed by atoms with E-state index in [0.717, 1.165) is 47.8 Å². The molecule has 0 unspecified atom stereocenters. The Morgan fingerprint density at radius 2 is 1.16 bits per heavy atom. The SMILES string of the molecule is CCCCCCCc1ccc(CCc2ccc3cc(C#Cc4ccc(CCC)cc4)ccc3c2F)cc1. The predicted octanol–water partition coefficient (Wildman–Crippen LogP) is 9.63. The number of hydrogen-bond acceptors (Lipinski definition) is 0. The van der Waals surface area contributed by atoms with Crippen molar-refractivity contribution in [2.75, 3.05) is 0 Å². The maximum absolute atomic E-state index is 15.3. The van der Waals surface area contributed by atoms with E-state index in [1.807, 2.05) is 30.3 Å². The minimum atomic E-state index is -0.104. The van der Waals surface area contributed by atoms with Gasteiger partial charge in [0.25, 0.3) is 0 Å². The lowest BCUT2D eigenvalue weighted by Gasteiger charge is -2.08. The van der Waals surface area contributed by atoms with Gasteiger partial charge in [0.15, 0.2) is 0 Å². The van der Waals surface area contributed by atoms with Gasteiger partial charge in [-0.3, -0.25) is 0 Å². The Morgan fingerprint density at radius 1 is 0.541 bits per heavy atom.